The van der Waals surface area contributed by atoms with Crippen LogP contribution in [0, 0.1) is 6.92 Å². The first-order valence-electron chi connectivity index (χ1n) is 7.46. The second-order valence-corrected chi connectivity index (χ2v) is 10.00. The molecular formula is C16H12Cl3N3O3S2. The molecule has 0 fully saturated rings. The van der Waals surface area contributed by atoms with Gasteiger partial charge in [-0.05, 0) is 36.8 Å². The molecule has 2 aromatic heterocycles. The molecule has 27 heavy (non-hydrogen) atoms. The average molecular weight is 465 g/mol. The maximum Gasteiger partial charge on any atom is 0.285 e. The number of thiophene rings is 1. The van der Waals surface area contributed by atoms with Gasteiger partial charge in [0.15, 0.2) is 0 Å². The third-order valence-corrected chi connectivity index (χ3v) is 7.25. The summed E-state index contributed by atoms with van der Waals surface area (Å²) in [6.07, 6.45) is 1.46. The fourth-order valence-electron chi connectivity index (χ4n) is 2.28. The summed E-state index contributed by atoms with van der Waals surface area (Å²) >= 11 is 18.7. The number of rotatable bonds is 5. The third-order valence-electron chi connectivity index (χ3n) is 3.60. The van der Waals surface area contributed by atoms with E-state index in [0.29, 0.717) is 26.8 Å². The highest BCUT2D eigenvalue weighted by molar-refractivity contribution is 7.92. The summed E-state index contributed by atoms with van der Waals surface area (Å²) in [5, 5.41) is 1.00. The fourth-order valence-corrected chi connectivity index (χ4v) is 5.19. The minimum Gasteiger partial charge on any atom is -0.330 e. The summed E-state index contributed by atoms with van der Waals surface area (Å²) in [5.41, 5.74) is 0.762. The van der Waals surface area contributed by atoms with Crippen LogP contribution in [0.1, 0.15) is 21.9 Å². The van der Waals surface area contributed by atoms with Gasteiger partial charge in [-0.2, -0.15) is 0 Å². The molecule has 1 aromatic carbocycles. The van der Waals surface area contributed by atoms with Crippen molar-refractivity contribution in [2.45, 2.75) is 17.7 Å². The van der Waals surface area contributed by atoms with Gasteiger partial charge in [-0.25, -0.2) is 18.1 Å². The first kappa shape index (κ1) is 20.2. The minimum atomic E-state index is -4.01. The van der Waals surface area contributed by atoms with Gasteiger partial charge >= 0.3 is 0 Å². The molecule has 0 saturated carbocycles. The van der Waals surface area contributed by atoms with Gasteiger partial charge in [0.1, 0.15) is 15.7 Å². The van der Waals surface area contributed by atoms with Crippen molar-refractivity contribution in [1.29, 1.82) is 0 Å². The van der Waals surface area contributed by atoms with Crippen molar-refractivity contribution in [1.82, 2.24) is 14.3 Å². The lowest BCUT2D eigenvalue weighted by atomic mass is 10.2. The van der Waals surface area contributed by atoms with Gasteiger partial charge in [-0.15, -0.1) is 11.3 Å². The number of nitrogens with one attached hydrogen (secondary N) is 1. The van der Waals surface area contributed by atoms with Crippen molar-refractivity contribution in [2.24, 2.45) is 0 Å². The van der Waals surface area contributed by atoms with E-state index in [1.807, 2.05) is 4.72 Å². The van der Waals surface area contributed by atoms with Crippen LogP contribution in [0.25, 0.3) is 0 Å². The number of carbonyl (C=O) groups is 1. The molecule has 0 aliphatic carbocycles. The standard InChI is InChI=1S/C16H12Cl3N3O3S2/c1-9-20-13(8-22(9)7-10-2-3-11(17)6-12(10)18)16(23)21-27(24,25)15-5-4-14(19)26-15/h2-6,8H,7H2,1H3,(H,21,23). The number of amides is 1. The van der Waals surface area contributed by atoms with Crippen LogP contribution in [0.2, 0.25) is 14.4 Å². The Kier molecular flexibility index (Phi) is 5.83. The van der Waals surface area contributed by atoms with E-state index in [2.05, 4.69) is 4.98 Å². The number of hydrogen-bond acceptors (Lipinski definition) is 5. The van der Waals surface area contributed by atoms with E-state index < -0.39 is 15.9 Å². The molecule has 6 nitrogen and oxygen atoms in total. The van der Waals surface area contributed by atoms with Crippen LogP contribution in [-0.2, 0) is 16.6 Å². The van der Waals surface area contributed by atoms with Crippen LogP contribution in [0.3, 0.4) is 0 Å². The topological polar surface area (TPSA) is 81.1 Å². The summed E-state index contributed by atoms with van der Waals surface area (Å²) in [6, 6.07) is 7.88. The molecule has 0 aliphatic heterocycles. The van der Waals surface area contributed by atoms with Crippen molar-refractivity contribution in [3.63, 3.8) is 0 Å². The number of aromatic nitrogens is 2. The van der Waals surface area contributed by atoms with Crippen molar-refractivity contribution < 1.29 is 13.2 Å². The fraction of sp³-hybridized carbons (Fsp3) is 0.125. The average Bonchev–Trinajstić information content (AvgIpc) is 3.17. The van der Waals surface area contributed by atoms with Crippen molar-refractivity contribution in [3.05, 3.63) is 68.0 Å². The SMILES string of the molecule is Cc1nc(C(=O)NS(=O)(=O)c2ccc(Cl)s2)cn1Cc1ccc(Cl)cc1Cl. The number of carbonyl (C=O) groups excluding carboxylic acids is 1. The molecule has 3 aromatic rings. The highest BCUT2D eigenvalue weighted by Gasteiger charge is 2.22. The lowest BCUT2D eigenvalue weighted by molar-refractivity contribution is 0.0977. The first-order chi connectivity index (χ1) is 12.7. The highest BCUT2D eigenvalue weighted by Crippen LogP contribution is 2.25. The lowest BCUT2D eigenvalue weighted by Crippen LogP contribution is -2.30. The highest BCUT2D eigenvalue weighted by atomic mass is 35.5. The zero-order chi connectivity index (χ0) is 19.8. The maximum atomic E-state index is 12.3. The molecule has 142 valence electrons. The maximum absolute atomic E-state index is 12.3. The van der Waals surface area contributed by atoms with Crippen LogP contribution in [0.15, 0.2) is 40.7 Å². The predicted octanol–water partition coefficient (Wildman–Crippen LogP) is 4.38. The summed E-state index contributed by atoms with van der Waals surface area (Å²) in [5.74, 6) is -0.300. The summed E-state index contributed by atoms with van der Waals surface area (Å²) < 4.78 is 28.4. The Bertz CT molecular complexity index is 1120. The van der Waals surface area contributed by atoms with Crippen molar-refractivity contribution >= 4 is 62.1 Å². The lowest BCUT2D eigenvalue weighted by Gasteiger charge is -2.07. The van der Waals surface area contributed by atoms with Gasteiger partial charge in [-0.3, -0.25) is 4.79 Å². The van der Waals surface area contributed by atoms with E-state index in [0.717, 1.165) is 16.9 Å². The number of aryl methyl sites for hydroxylation is 1. The Morgan fingerprint density at radius 2 is 1.96 bits per heavy atom. The minimum absolute atomic E-state index is 0.0242. The number of hydrogen-bond donors (Lipinski definition) is 1. The monoisotopic (exact) mass is 463 g/mol. The Hall–Kier alpha value is -1.58. The zero-order valence-electron chi connectivity index (χ0n) is 13.7. The van der Waals surface area contributed by atoms with E-state index in [1.165, 1.54) is 18.3 Å². The molecule has 3 rings (SSSR count). The molecule has 0 aliphatic rings. The van der Waals surface area contributed by atoms with Crippen molar-refractivity contribution in [3.8, 4) is 0 Å². The molecule has 2 heterocycles. The van der Waals surface area contributed by atoms with Gasteiger partial charge < -0.3 is 4.57 Å². The van der Waals surface area contributed by atoms with E-state index in [9.17, 15) is 13.2 Å². The second kappa shape index (κ2) is 7.81. The quantitative estimate of drug-likeness (QED) is 0.607. The van der Waals surface area contributed by atoms with Crippen LogP contribution < -0.4 is 4.72 Å². The van der Waals surface area contributed by atoms with Crippen LogP contribution in [0.4, 0.5) is 0 Å². The Morgan fingerprint density at radius 3 is 2.59 bits per heavy atom. The largest absolute Gasteiger partial charge is 0.330 e. The van der Waals surface area contributed by atoms with Crippen LogP contribution in [-0.4, -0.2) is 23.9 Å². The Labute approximate surface area is 174 Å². The molecule has 0 unspecified atom stereocenters. The Morgan fingerprint density at radius 1 is 1.22 bits per heavy atom. The van der Waals surface area contributed by atoms with Gasteiger partial charge in [0.2, 0.25) is 0 Å². The number of imidazole rings is 1. The number of sulfonamides is 1. The number of nitrogens with zero attached hydrogens (tertiary/aromatic N) is 2. The van der Waals surface area contributed by atoms with Crippen LogP contribution >= 0.6 is 46.1 Å². The molecular weight excluding hydrogens is 453 g/mol. The van der Waals surface area contributed by atoms with Gasteiger partial charge in [0, 0.05) is 16.2 Å². The van der Waals surface area contributed by atoms with Gasteiger partial charge in [0.05, 0.1) is 10.9 Å². The van der Waals surface area contributed by atoms with Gasteiger partial charge in [-0.1, -0.05) is 40.9 Å². The summed E-state index contributed by atoms with van der Waals surface area (Å²) in [7, 11) is -4.01. The molecule has 11 heteroatoms. The molecule has 0 bridgehead atoms. The predicted molar refractivity (Wildman–Crippen MR) is 107 cm³/mol. The summed E-state index contributed by atoms with van der Waals surface area (Å²) in [4.78, 5) is 16.5. The van der Waals surface area contributed by atoms with Crippen LogP contribution in [0.5, 0.6) is 0 Å². The van der Waals surface area contributed by atoms with E-state index in [-0.39, 0.29) is 9.90 Å². The molecule has 0 radical (unpaired) electrons. The van der Waals surface area contributed by atoms with Gasteiger partial charge in [0.25, 0.3) is 15.9 Å². The van der Waals surface area contributed by atoms with E-state index >= 15 is 0 Å². The second-order valence-electron chi connectivity index (χ2n) is 5.53. The third kappa shape index (κ3) is 4.64. The molecule has 1 N–H and O–H groups in total. The first-order valence-corrected chi connectivity index (χ1v) is 10.9. The van der Waals surface area contributed by atoms with E-state index in [1.54, 1.807) is 29.7 Å². The molecule has 0 spiro atoms. The van der Waals surface area contributed by atoms with E-state index in [4.69, 9.17) is 34.8 Å². The zero-order valence-corrected chi connectivity index (χ0v) is 17.6. The smallest absolute Gasteiger partial charge is 0.285 e. The number of benzene rings is 1. The molecule has 1 amide bonds. The number of halogens is 3. The normalized spacial score (nSPS) is 11.6. The summed E-state index contributed by atoms with van der Waals surface area (Å²) in [6.45, 7) is 2.06. The molecule has 0 atom stereocenters. The molecule has 0 saturated heterocycles. The Balaban J connectivity index is 1.80. The van der Waals surface area contributed by atoms with Crippen molar-refractivity contribution in [2.75, 3.05) is 0 Å².